The molecule has 3 heteroatoms. The number of nitrogens with zero attached hydrogens (tertiary/aromatic N) is 2. The van der Waals surface area contributed by atoms with E-state index in [1.165, 1.54) is 12.1 Å². The molecule has 1 aromatic rings. The van der Waals surface area contributed by atoms with E-state index in [9.17, 15) is 0 Å². The van der Waals surface area contributed by atoms with Gasteiger partial charge in [0, 0.05) is 30.9 Å². The lowest BCUT2D eigenvalue weighted by Crippen LogP contribution is -2.15. The molecule has 0 aliphatic heterocycles. The van der Waals surface area contributed by atoms with Crippen molar-refractivity contribution in [3.8, 4) is 0 Å². The number of nitrogens with two attached hydrogens (primary N) is 1. The van der Waals surface area contributed by atoms with Crippen LogP contribution in [0, 0.1) is 0 Å². The Morgan fingerprint density at radius 1 is 1.58 bits per heavy atom. The maximum absolute atomic E-state index is 5.85. The third-order valence-corrected chi connectivity index (χ3v) is 2.75. The first kappa shape index (κ1) is 7.80. The molecule has 1 aliphatic carbocycles. The van der Waals surface area contributed by atoms with Gasteiger partial charge in [0.1, 0.15) is 0 Å². The van der Waals surface area contributed by atoms with Crippen molar-refractivity contribution in [2.75, 3.05) is 0 Å². The van der Waals surface area contributed by atoms with E-state index in [1.54, 1.807) is 0 Å². The Labute approximate surface area is 72.6 Å². The molecule has 12 heavy (non-hydrogen) atoms. The molecule has 0 aromatic carbocycles. The molecule has 1 aromatic heterocycles. The zero-order chi connectivity index (χ0) is 8.55. The third-order valence-electron chi connectivity index (χ3n) is 2.75. The molecule has 1 aliphatic rings. The van der Waals surface area contributed by atoms with Crippen molar-refractivity contribution in [3.63, 3.8) is 0 Å². The van der Waals surface area contributed by atoms with Gasteiger partial charge in [-0.1, -0.05) is 0 Å². The predicted octanol–water partition coefficient (Wildman–Crippen LogP) is 1.01. The van der Waals surface area contributed by atoms with Crippen LogP contribution in [0.2, 0.25) is 0 Å². The molecule has 1 fully saturated rings. The molecule has 2 rings (SSSR count). The van der Waals surface area contributed by atoms with Gasteiger partial charge in [-0.15, -0.1) is 0 Å². The van der Waals surface area contributed by atoms with Gasteiger partial charge in [0.05, 0.1) is 0 Å². The van der Waals surface area contributed by atoms with Crippen molar-refractivity contribution in [2.24, 2.45) is 12.8 Å². The lowest BCUT2D eigenvalue weighted by atomic mass is 10.0. The number of aryl methyl sites for hydroxylation is 1. The molecule has 2 atom stereocenters. The summed E-state index contributed by atoms with van der Waals surface area (Å²) in [4.78, 5) is 0. The Balaban J connectivity index is 2.16. The van der Waals surface area contributed by atoms with Gasteiger partial charge in [0.2, 0.25) is 0 Å². The molecule has 66 valence electrons. The highest BCUT2D eigenvalue weighted by Crippen LogP contribution is 2.32. The first-order valence-corrected chi connectivity index (χ1v) is 4.51. The van der Waals surface area contributed by atoms with Gasteiger partial charge in [0.15, 0.2) is 0 Å². The van der Waals surface area contributed by atoms with Crippen LogP contribution in [0.25, 0.3) is 0 Å². The molecule has 1 heterocycles. The van der Waals surface area contributed by atoms with Crippen LogP contribution in [0.15, 0.2) is 12.3 Å². The van der Waals surface area contributed by atoms with Gasteiger partial charge in [-0.2, -0.15) is 5.10 Å². The highest BCUT2D eigenvalue weighted by atomic mass is 15.3. The van der Waals surface area contributed by atoms with E-state index in [1.807, 2.05) is 17.9 Å². The van der Waals surface area contributed by atoms with Gasteiger partial charge in [-0.25, -0.2) is 0 Å². The molecule has 0 amide bonds. The molecular weight excluding hydrogens is 150 g/mol. The number of rotatable bonds is 1. The Morgan fingerprint density at radius 3 is 2.92 bits per heavy atom. The fourth-order valence-corrected chi connectivity index (χ4v) is 2.07. The van der Waals surface area contributed by atoms with E-state index in [2.05, 4.69) is 11.2 Å². The summed E-state index contributed by atoms with van der Waals surface area (Å²) in [5, 5.41) is 4.16. The summed E-state index contributed by atoms with van der Waals surface area (Å²) >= 11 is 0. The Kier molecular flexibility index (Phi) is 1.89. The van der Waals surface area contributed by atoms with Crippen molar-refractivity contribution >= 4 is 0 Å². The Hall–Kier alpha value is -0.830. The molecule has 0 radical (unpaired) electrons. The number of hydrogen-bond donors (Lipinski definition) is 1. The summed E-state index contributed by atoms with van der Waals surface area (Å²) in [6.07, 6.45) is 5.37. The highest BCUT2D eigenvalue weighted by molar-refractivity contribution is 5.10. The van der Waals surface area contributed by atoms with Crippen LogP contribution in [0.5, 0.6) is 0 Å². The van der Waals surface area contributed by atoms with Gasteiger partial charge >= 0.3 is 0 Å². The molecular formula is C9H15N3. The Bertz CT molecular complexity index is 266. The maximum Gasteiger partial charge on any atom is 0.0492 e. The zero-order valence-corrected chi connectivity index (χ0v) is 7.40. The monoisotopic (exact) mass is 165 g/mol. The van der Waals surface area contributed by atoms with E-state index in [4.69, 9.17) is 5.73 Å². The smallest absolute Gasteiger partial charge is 0.0492 e. The summed E-state index contributed by atoms with van der Waals surface area (Å²) < 4.78 is 1.96. The van der Waals surface area contributed by atoms with Crippen molar-refractivity contribution in [1.29, 1.82) is 0 Å². The van der Waals surface area contributed by atoms with E-state index >= 15 is 0 Å². The van der Waals surface area contributed by atoms with Crippen LogP contribution in [-0.2, 0) is 7.05 Å². The second-order valence-electron chi connectivity index (χ2n) is 3.65. The lowest BCUT2D eigenvalue weighted by molar-refractivity contribution is 0.606. The topological polar surface area (TPSA) is 43.8 Å². The predicted molar refractivity (Wildman–Crippen MR) is 47.8 cm³/mol. The average Bonchev–Trinajstić information content (AvgIpc) is 2.58. The molecule has 0 saturated heterocycles. The minimum atomic E-state index is 0.407. The molecule has 1 saturated carbocycles. The largest absolute Gasteiger partial charge is 0.328 e. The fraction of sp³-hybridized carbons (Fsp3) is 0.667. The minimum Gasteiger partial charge on any atom is -0.328 e. The third kappa shape index (κ3) is 1.25. The first-order valence-electron chi connectivity index (χ1n) is 4.51. The summed E-state index contributed by atoms with van der Waals surface area (Å²) in [6.45, 7) is 0. The minimum absolute atomic E-state index is 0.407. The van der Waals surface area contributed by atoms with E-state index in [0.29, 0.717) is 12.0 Å². The lowest BCUT2D eigenvalue weighted by Gasteiger charge is -2.09. The summed E-state index contributed by atoms with van der Waals surface area (Å²) in [5.74, 6) is 0.646. The number of hydrogen-bond acceptors (Lipinski definition) is 2. The SMILES string of the molecule is Cn1nccc1[C@@H]1CC[C@@H](N)C1. The van der Waals surface area contributed by atoms with E-state index in [0.717, 1.165) is 12.8 Å². The van der Waals surface area contributed by atoms with Gasteiger partial charge in [-0.3, -0.25) is 4.68 Å². The summed E-state index contributed by atoms with van der Waals surface area (Å²) in [5.41, 5.74) is 7.19. The first-order chi connectivity index (χ1) is 5.77. The number of aromatic nitrogens is 2. The molecule has 2 N–H and O–H groups in total. The van der Waals surface area contributed by atoms with Gasteiger partial charge < -0.3 is 5.73 Å². The average molecular weight is 165 g/mol. The molecule has 3 nitrogen and oxygen atoms in total. The second-order valence-corrected chi connectivity index (χ2v) is 3.65. The normalized spacial score (nSPS) is 29.5. The zero-order valence-electron chi connectivity index (χ0n) is 7.40. The standard InChI is InChI=1S/C9H15N3/c1-12-9(4-5-11-12)7-2-3-8(10)6-7/h4-5,7-8H,2-3,6,10H2,1H3/t7-,8-/m1/s1. The van der Waals surface area contributed by atoms with Gasteiger partial charge in [-0.05, 0) is 25.3 Å². The highest BCUT2D eigenvalue weighted by Gasteiger charge is 2.24. The van der Waals surface area contributed by atoms with Crippen LogP contribution in [0.3, 0.4) is 0 Å². The van der Waals surface area contributed by atoms with Crippen molar-refractivity contribution < 1.29 is 0 Å². The molecule has 0 unspecified atom stereocenters. The van der Waals surface area contributed by atoms with Crippen molar-refractivity contribution in [3.05, 3.63) is 18.0 Å². The molecule has 0 bridgehead atoms. The van der Waals surface area contributed by atoms with Gasteiger partial charge in [0.25, 0.3) is 0 Å². The Morgan fingerprint density at radius 2 is 2.42 bits per heavy atom. The molecule has 0 spiro atoms. The fourth-order valence-electron chi connectivity index (χ4n) is 2.07. The van der Waals surface area contributed by atoms with Crippen LogP contribution >= 0.6 is 0 Å². The van der Waals surface area contributed by atoms with Crippen LogP contribution in [0.1, 0.15) is 30.9 Å². The van der Waals surface area contributed by atoms with Crippen LogP contribution in [0.4, 0.5) is 0 Å². The van der Waals surface area contributed by atoms with Crippen LogP contribution in [-0.4, -0.2) is 15.8 Å². The second kappa shape index (κ2) is 2.90. The van der Waals surface area contributed by atoms with E-state index in [-0.39, 0.29) is 0 Å². The van der Waals surface area contributed by atoms with Crippen LogP contribution < -0.4 is 5.73 Å². The summed E-state index contributed by atoms with van der Waals surface area (Å²) in [6, 6.07) is 2.51. The van der Waals surface area contributed by atoms with Crippen molar-refractivity contribution in [1.82, 2.24) is 9.78 Å². The van der Waals surface area contributed by atoms with Crippen molar-refractivity contribution in [2.45, 2.75) is 31.2 Å². The van der Waals surface area contributed by atoms with E-state index < -0.39 is 0 Å². The summed E-state index contributed by atoms with van der Waals surface area (Å²) in [7, 11) is 2.00. The maximum atomic E-state index is 5.85. The quantitative estimate of drug-likeness (QED) is 0.675.